The SMILES string of the molecule is CCc1ccc(-c2ncnc3[nH]c4cc(N5CCN(CC6CN(c7ccc(N8NCCC8=O)cc7)C6)CC5)ccc4c23)cc1C. The molecule has 0 aliphatic carbocycles. The Kier molecular flexibility index (Phi) is 7.15. The van der Waals surface area contributed by atoms with Crippen LogP contribution in [0.1, 0.15) is 24.5 Å². The Morgan fingerprint density at radius 2 is 1.64 bits per heavy atom. The summed E-state index contributed by atoms with van der Waals surface area (Å²) in [6, 6.07) is 21.8. The third kappa shape index (κ3) is 5.19. The Bertz CT molecular complexity index is 1870. The number of aromatic nitrogens is 3. The summed E-state index contributed by atoms with van der Waals surface area (Å²) in [6.45, 7) is 12.6. The lowest BCUT2D eigenvalue weighted by molar-refractivity contribution is -0.117. The average Bonchev–Trinajstić information content (AvgIpc) is 3.65. The second kappa shape index (κ2) is 11.5. The van der Waals surface area contributed by atoms with Crippen LogP contribution < -0.4 is 20.2 Å². The molecule has 0 radical (unpaired) electrons. The molecule has 3 aliphatic rings. The van der Waals surface area contributed by atoms with Crippen molar-refractivity contribution in [2.24, 2.45) is 5.92 Å². The summed E-state index contributed by atoms with van der Waals surface area (Å²) in [5, 5.41) is 3.93. The van der Waals surface area contributed by atoms with Gasteiger partial charge in [-0.1, -0.05) is 25.1 Å². The van der Waals surface area contributed by atoms with Crippen molar-refractivity contribution in [1.82, 2.24) is 25.3 Å². The molecule has 9 nitrogen and oxygen atoms in total. The number of rotatable bonds is 7. The van der Waals surface area contributed by atoms with Gasteiger partial charge in [0.1, 0.15) is 12.0 Å². The van der Waals surface area contributed by atoms with Crippen LogP contribution >= 0.6 is 0 Å². The summed E-state index contributed by atoms with van der Waals surface area (Å²) in [6.07, 6.45) is 3.27. The van der Waals surface area contributed by atoms with Gasteiger partial charge in [-0.3, -0.25) is 9.69 Å². The smallest absolute Gasteiger partial charge is 0.242 e. The van der Waals surface area contributed by atoms with Crippen LogP contribution in [-0.4, -0.2) is 78.1 Å². The van der Waals surface area contributed by atoms with E-state index < -0.39 is 0 Å². The summed E-state index contributed by atoms with van der Waals surface area (Å²) in [7, 11) is 0. The van der Waals surface area contributed by atoms with Crippen molar-refractivity contribution >= 4 is 44.9 Å². The predicted molar refractivity (Wildman–Crippen MR) is 182 cm³/mol. The Balaban J connectivity index is 0.890. The molecule has 0 bridgehead atoms. The minimum atomic E-state index is 0.137. The van der Waals surface area contributed by atoms with Crippen LogP contribution in [0, 0.1) is 12.8 Å². The van der Waals surface area contributed by atoms with Crippen LogP contribution in [-0.2, 0) is 11.2 Å². The fraction of sp³-hybridized carbons (Fsp3) is 0.361. The molecule has 3 fully saturated rings. The number of piperazine rings is 1. The van der Waals surface area contributed by atoms with E-state index in [9.17, 15) is 4.79 Å². The summed E-state index contributed by atoms with van der Waals surface area (Å²) >= 11 is 0. The Hall–Kier alpha value is -4.47. The third-order valence-electron chi connectivity index (χ3n) is 9.91. The first-order valence-electron chi connectivity index (χ1n) is 16.3. The van der Waals surface area contributed by atoms with Gasteiger partial charge in [0.05, 0.1) is 16.8 Å². The van der Waals surface area contributed by atoms with Crippen molar-refractivity contribution in [3.8, 4) is 11.3 Å². The van der Waals surface area contributed by atoms with E-state index in [-0.39, 0.29) is 5.91 Å². The van der Waals surface area contributed by atoms with E-state index in [1.54, 1.807) is 11.3 Å². The standard InChI is InChI=1S/C36H40N8O/c1-3-26-4-5-27(18-24(26)2)35-34-31-11-10-30(19-32(31)40-36(34)38-23-37-35)42-16-14-41(15-17-42)20-25-21-43(22-25)28-6-8-29(9-7-28)44-33(45)12-13-39-44/h4-11,18-19,23,25,39H,3,12-17,20-22H2,1-2H3,(H,37,38,40). The van der Waals surface area contributed by atoms with E-state index in [1.807, 2.05) is 12.1 Å². The highest BCUT2D eigenvalue weighted by Crippen LogP contribution is 2.35. The summed E-state index contributed by atoms with van der Waals surface area (Å²) in [4.78, 5) is 32.5. The summed E-state index contributed by atoms with van der Waals surface area (Å²) < 4.78 is 0. The first-order valence-corrected chi connectivity index (χ1v) is 16.3. The number of hydrogen-bond acceptors (Lipinski definition) is 7. The van der Waals surface area contributed by atoms with Crippen molar-refractivity contribution in [2.75, 3.05) is 67.2 Å². The number of aromatic amines is 1. The van der Waals surface area contributed by atoms with Gasteiger partial charge in [-0.25, -0.2) is 20.4 Å². The van der Waals surface area contributed by atoms with Crippen molar-refractivity contribution in [1.29, 1.82) is 0 Å². The van der Waals surface area contributed by atoms with E-state index in [0.717, 1.165) is 85.7 Å². The van der Waals surface area contributed by atoms with Gasteiger partial charge in [0.15, 0.2) is 0 Å². The first-order chi connectivity index (χ1) is 22.0. The molecule has 45 heavy (non-hydrogen) atoms. The molecule has 0 saturated carbocycles. The van der Waals surface area contributed by atoms with Crippen molar-refractivity contribution in [3.63, 3.8) is 0 Å². The largest absolute Gasteiger partial charge is 0.371 e. The maximum absolute atomic E-state index is 12.0. The van der Waals surface area contributed by atoms with Gasteiger partial charge in [-0.05, 0) is 66.9 Å². The molecule has 3 saturated heterocycles. The molecule has 2 N–H and O–H groups in total. The summed E-state index contributed by atoms with van der Waals surface area (Å²) in [5.74, 6) is 0.830. The van der Waals surface area contributed by atoms with Gasteiger partial charge < -0.3 is 14.8 Å². The van der Waals surface area contributed by atoms with Gasteiger partial charge in [0.25, 0.3) is 0 Å². The van der Waals surface area contributed by atoms with E-state index in [0.29, 0.717) is 18.9 Å². The van der Waals surface area contributed by atoms with E-state index >= 15 is 0 Å². The van der Waals surface area contributed by atoms with Crippen molar-refractivity contribution in [3.05, 3.63) is 78.1 Å². The highest BCUT2D eigenvalue weighted by atomic mass is 16.2. The number of hydrazine groups is 1. The number of H-pyrrole nitrogens is 1. The number of carbonyl (C=O) groups excluding carboxylic acids is 1. The van der Waals surface area contributed by atoms with Gasteiger partial charge in [-0.15, -0.1) is 0 Å². The predicted octanol–water partition coefficient (Wildman–Crippen LogP) is 5.15. The zero-order chi connectivity index (χ0) is 30.5. The molecule has 3 aromatic carbocycles. The molecular formula is C36H40N8O. The monoisotopic (exact) mass is 600 g/mol. The molecule has 5 heterocycles. The third-order valence-corrected chi connectivity index (χ3v) is 9.91. The molecule has 0 spiro atoms. The number of carbonyl (C=O) groups is 1. The van der Waals surface area contributed by atoms with Crippen molar-refractivity contribution in [2.45, 2.75) is 26.7 Å². The molecule has 8 rings (SSSR count). The molecular weight excluding hydrogens is 560 g/mol. The van der Waals surface area contributed by atoms with Crippen LogP contribution in [0.3, 0.4) is 0 Å². The second-order valence-corrected chi connectivity index (χ2v) is 12.8. The van der Waals surface area contributed by atoms with Gasteiger partial charge >= 0.3 is 0 Å². The topological polar surface area (TPSA) is 83.6 Å². The summed E-state index contributed by atoms with van der Waals surface area (Å²) in [5.41, 5.74) is 13.4. The average molecular weight is 601 g/mol. The van der Waals surface area contributed by atoms with E-state index in [4.69, 9.17) is 4.98 Å². The highest BCUT2D eigenvalue weighted by Gasteiger charge is 2.30. The zero-order valence-electron chi connectivity index (χ0n) is 26.1. The number of anilines is 3. The number of aryl methyl sites for hydroxylation is 2. The molecule has 3 aliphatic heterocycles. The number of hydrogen-bond donors (Lipinski definition) is 2. The van der Waals surface area contributed by atoms with Crippen LogP contribution in [0.25, 0.3) is 33.2 Å². The van der Waals surface area contributed by atoms with E-state index in [1.165, 1.54) is 27.9 Å². The molecule has 1 amide bonds. The Morgan fingerprint density at radius 1 is 0.867 bits per heavy atom. The fourth-order valence-electron chi connectivity index (χ4n) is 7.34. The van der Waals surface area contributed by atoms with Crippen LogP contribution in [0.4, 0.5) is 17.1 Å². The minimum Gasteiger partial charge on any atom is -0.371 e. The molecule has 0 atom stereocenters. The van der Waals surface area contributed by atoms with Gasteiger partial charge in [-0.2, -0.15) is 0 Å². The van der Waals surface area contributed by atoms with Gasteiger partial charge in [0, 0.05) is 92.5 Å². The fourth-order valence-corrected chi connectivity index (χ4v) is 7.34. The second-order valence-electron chi connectivity index (χ2n) is 12.8. The normalized spacial score (nSPS) is 18.0. The number of benzene rings is 3. The molecule has 5 aromatic rings. The number of fused-ring (bicyclic) bond motifs is 3. The minimum absolute atomic E-state index is 0.137. The lowest BCUT2D eigenvalue weighted by Gasteiger charge is -2.45. The highest BCUT2D eigenvalue weighted by molar-refractivity contribution is 6.12. The molecule has 2 aromatic heterocycles. The number of nitrogens with zero attached hydrogens (tertiary/aromatic N) is 6. The lowest BCUT2D eigenvalue weighted by Crippen LogP contribution is -2.55. The molecule has 9 heteroatoms. The van der Waals surface area contributed by atoms with Crippen LogP contribution in [0.15, 0.2) is 67.0 Å². The first kappa shape index (κ1) is 28.0. The maximum atomic E-state index is 12.0. The van der Waals surface area contributed by atoms with Crippen LogP contribution in [0.2, 0.25) is 0 Å². The Labute approximate surface area is 263 Å². The van der Waals surface area contributed by atoms with Crippen LogP contribution in [0.5, 0.6) is 0 Å². The maximum Gasteiger partial charge on any atom is 0.242 e. The Morgan fingerprint density at radius 3 is 2.38 bits per heavy atom. The van der Waals surface area contributed by atoms with Crippen molar-refractivity contribution < 1.29 is 4.79 Å². The number of nitrogens with one attached hydrogen (secondary N) is 2. The quantitative estimate of drug-likeness (QED) is 0.267. The van der Waals surface area contributed by atoms with E-state index in [2.05, 4.69) is 92.5 Å². The lowest BCUT2D eigenvalue weighted by atomic mass is 9.98. The molecule has 0 unspecified atom stereocenters. The zero-order valence-corrected chi connectivity index (χ0v) is 26.1. The molecule has 230 valence electrons. The number of amides is 1. The van der Waals surface area contributed by atoms with Gasteiger partial charge in [0.2, 0.25) is 5.91 Å².